The molecule has 0 N–H and O–H groups in total. The Labute approximate surface area is 82.7 Å². The first-order valence-corrected chi connectivity index (χ1v) is 5.23. The van der Waals surface area contributed by atoms with Gasteiger partial charge >= 0.3 is 0 Å². The van der Waals surface area contributed by atoms with Crippen molar-refractivity contribution in [2.24, 2.45) is 17.8 Å². The molecule has 13 heavy (non-hydrogen) atoms. The normalized spacial score (nSPS) is 37.3. The van der Waals surface area contributed by atoms with Crippen LogP contribution in [0.1, 0.15) is 12.8 Å². The molecule has 0 aromatic carbocycles. The molecular formula is C10H15O2Si. The van der Waals surface area contributed by atoms with Crippen molar-refractivity contribution >= 4 is 10.2 Å². The molecule has 3 unspecified atom stereocenters. The fourth-order valence-corrected chi connectivity index (χ4v) is 2.94. The fourth-order valence-electron chi connectivity index (χ4n) is 2.60. The second-order valence-electron chi connectivity index (χ2n) is 3.96. The van der Waals surface area contributed by atoms with E-state index in [2.05, 4.69) is 22.4 Å². The molecule has 2 rings (SSSR count). The highest BCUT2D eigenvalue weighted by atomic mass is 28.1. The summed E-state index contributed by atoms with van der Waals surface area (Å²) in [5, 5.41) is 0. The van der Waals surface area contributed by atoms with Crippen LogP contribution in [-0.4, -0.2) is 29.9 Å². The van der Waals surface area contributed by atoms with Gasteiger partial charge in [0.1, 0.15) is 15.7 Å². The molecule has 2 bridgehead atoms. The lowest BCUT2D eigenvalue weighted by atomic mass is 9.92. The molecule has 3 atom stereocenters. The van der Waals surface area contributed by atoms with Gasteiger partial charge in [-0.05, 0) is 24.7 Å². The van der Waals surface area contributed by atoms with Crippen LogP contribution in [0, 0.1) is 17.8 Å². The minimum Gasteiger partial charge on any atom is -0.358 e. The van der Waals surface area contributed by atoms with E-state index >= 15 is 0 Å². The number of allylic oxidation sites excluding steroid dienone is 2. The van der Waals surface area contributed by atoms with Gasteiger partial charge in [-0.2, -0.15) is 0 Å². The zero-order valence-corrected chi connectivity index (χ0v) is 9.12. The lowest BCUT2D eigenvalue weighted by Crippen LogP contribution is -2.44. The molecule has 0 aromatic heterocycles. The van der Waals surface area contributed by atoms with E-state index in [-0.39, 0.29) is 0 Å². The molecule has 0 amide bonds. The van der Waals surface area contributed by atoms with E-state index in [1.165, 1.54) is 12.8 Å². The first kappa shape index (κ1) is 9.43. The summed E-state index contributed by atoms with van der Waals surface area (Å²) in [6, 6.07) is 0. The van der Waals surface area contributed by atoms with Crippen LogP contribution in [0.2, 0.25) is 0 Å². The first-order valence-electron chi connectivity index (χ1n) is 4.73. The van der Waals surface area contributed by atoms with Crippen LogP contribution in [0.5, 0.6) is 0 Å². The Balaban J connectivity index is 2.13. The lowest BCUT2D eigenvalue weighted by Gasteiger charge is -2.36. The van der Waals surface area contributed by atoms with E-state index in [4.69, 9.17) is 9.47 Å². The zero-order chi connectivity index (χ0) is 9.47. The predicted molar refractivity (Wildman–Crippen MR) is 51.3 cm³/mol. The minimum atomic E-state index is -0.579. The highest BCUT2D eigenvalue weighted by Gasteiger charge is 2.46. The Morgan fingerprint density at radius 2 is 1.92 bits per heavy atom. The van der Waals surface area contributed by atoms with Gasteiger partial charge in [-0.15, -0.1) is 0 Å². The van der Waals surface area contributed by atoms with Crippen molar-refractivity contribution in [3.05, 3.63) is 12.2 Å². The number of hydrogen-bond acceptors (Lipinski definition) is 2. The van der Waals surface area contributed by atoms with Gasteiger partial charge in [0.25, 0.3) is 0 Å². The van der Waals surface area contributed by atoms with Gasteiger partial charge in [-0.25, -0.2) is 0 Å². The van der Waals surface area contributed by atoms with Crippen molar-refractivity contribution in [2.75, 3.05) is 14.2 Å². The van der Waals surface area contributed by atoms with Gasteiger partial charge in [0, 0.05) is 20.1 Å². The Hall–Kier alpha value is -0.123. The van der Waals surface area contributed by atoms with E-state index in [0.717, 1.165) is 5.92 Å². The first-order chi connectivity index (χ1) is 6.19. The summed E-state index contributed by atoms with van der Waals surface area (Å²) in [6.07, 6.45) is 7.06. The molecule has 1 saturated carbocycles. The highest BCUT2D eigenvalue weighted by molar-refractivity contribution is 6.13. The maximum Gasteiger partial charge on any atom is 0.146 e. The summed E-state index contributed by atoms with van der Waals surface area (Å²) in [4.78, 5) is 0. The number of rotatable bonds is 3. The maximum atomic E-state index is 5.38. The molecule has 0 heterocycles. The average molecular weight is 195 g/mol. The average Bonchev–Trinajstić information content (AvgIpc) is 2.77. The molecule has 2 aliphatic carbocycles. The highest BCUT2D eigenvalue weighted by Crippen LogP contribution is 2.48. The monoisotopic (exact) mass is 195 g/mol. The van der Waals surface area contributed by atoms with E-state index in [1.54, 1.807) is 14.2 Å². The topological polar surface area (TPSA) is 18.5 Å². The Bertz CT molecular complexity index is 223. The van der Waals surface area contributed by atoms with Gasteiger partial charge in [-0.1, -0.05) is 12.2 Å². The molecule has 3 radical (unpaired) electrons. The third kappa shape index (κ3) is 1.39. The molecule has 71 valence electrons. The Morgan fingerprint density at radius 1 is 1.23 bits per heavy atom. The number of hydrogen-bond donors (Lipinski definition) is 0. The molecule has 2 aliphatic rings. The summed E-state index contributed by atoms with van der Waals surface area (Å²) >= 11 is 0. The van der Waals surface area contributed by atoms with Crippen LogP contribution in [0.4, 0.5) is 0 Å². The van der Waals surface area contributed by atoms with Gasteiger partial charge in [0.15, 0.2) is 0 Å². The molecule has 2 nitrogen and oxygen atoms in total. The summed E-state index contributed by atoms with van der Waals surface area (Å²) < 4.78 is 10.8. The van der Waals surface area contributed by atoms with Gasteiger partial charge in [0.05, 0.1) is 0 Å². The molecule has 0 aliphatic heterocycles. The quantitative estimate of drug-likeness (QED) is 0.384. The third-order valence-electron chi connectivity index (χ3n) is 3.37. The molecule has 0 saturated heterocycles. The Kier molecular flexibility index (Phi) is 2.34. The standard InChI is InChI=1S/C10H15O2Si/c1-11-10(13,12-2)9-6-7-3-4-8(9)5-7/h3-4,7-9H,5-6H2,1-2H3. The molecular weight excluding hydrogens is 180 g/mol. The van der Waals surface area contributed by atoms with Crippen LogP contribution in [-0.2, 0) is 9.47 Å². The van der Waals surface area contributed by atoms with Gasteiger partial charge in [-0.3, -0.25) is 0 Å². The Morgan fingerprint density at radius 3 is 2.31 bits per heavy atom. The number of methoxy groups -OCH3 is 2. The molecule has 1 fully saturated rings. The van der Waals surface area contributed by atoms with Crippen LogP contribution in [0.25, 0.3) is 0 Å². The second kappa shape index (κ2) is 3.22. The predicted octanol–water partition coefficient (Wildman–Crippen LogP) is 1.31. The van der Waals surface area contributed by atoms with Crippen LogP contribution < -0.4 is 0 Å². The fraction of sp³-hybridized carbons (Fsp3) is 0.800. The van der Waals surface area contributed by atoms with Gasteiger partial charge in [0.2, 0.25) is 0 Å². The summed E-state index contributed by atoms with van der Waals surface area (Å²) in [7, 11) is 6.96. The zero-order valence-electron chi connectivity index (χ0n) is 8.12. The van der Waals surface area contributed by atoms with Crippen LogP contribution in [0.15, 0.2) is 12.2 Å². The van der Waals surface area contributed by atoms with Crippen LogP contribution in [0.3, 0.4) is 0 Å². The van der Waals surface area contributed by atoms with E-state index in [9.17, 15) is 0 Å². The molecule has 0 spiro atoms. The van der Waals surface area contributed by atoms with Crippen molar-refractivity contribution in [3.63, 3.8) is 0 Å². The molecule has 0 aromatic rings. The van der Waals surface area contributed by atoms with E-state index in [0.29, 0.717) is 11.8 Å². The SMILES string of the molecule is COC([Si])(OC)C1CC2C=CC1C2. The third-order valence-corrected chi connectivity index (χ3v) is 4.15. The largest absolute Gasteiger partial charge is 0.358 e. The number of fused-ring (bicyclic) bond motifs is 2. The van der Waals surface area contributed by atoms with Crippen molar-refractivity contribution in [1.29, 1.82) is 0 Å². The van der Waals surface area contributed by atoms with Gasteiger partial charge < -0.3 is 9.47 Å². The van der Waals surface area contributed by atoms with E-state index in [1.807, 2.05) is 0 Å². The summed E-state index contributed by atoms with van der Waals surface area (Å²) in [6.45, 7) is 0. The van der Waals surface area contributed by atoms with E-state index < -0.39 is 5.41 Å². The van der Waals surface area contributed by atoms with Crippen molar-refractivity contribution in [1.82, 2.24) is 0 Å². The summed E-state index contributed by atoms with van der Waals surface area (Å²) in [5.41, 5.74) is -0.579. The smallest absolute Gasteiger partial charge is 0.146 e. The maximum absolute atomic E-state index is 5.38. The molecule has 3 heteroatoms. The van der Waals surface area contributed by atoms with Crippen LogP contribution >= 0.6 is 0 Å². The van der Waals surface area contributed by atoms with Crippen molar-refractivity contribution in [2.45, 2.75) is 18.3 Å². The second-order valence-corrected chi connectivity index (χ2v) is 4.66. The lowest BCUT2D eigenvalue weighted by molar-refractivity contribution is -0.181. The van der Waals surface area contributed by atoms with Crippen molar-refractivity contribution < 1.29 is 9.47 Å². The summed E-state index contributed by atoms with van der Waals surface area (Å²) in [5.74, 6) is 1.83. The number of ether oxygens (including phenoxy) is 2. The minimum absolute atomic E-state index is 0.453. The van der Waals surface area contributed by atoms with Crippen molar-refractivity contribution in [3.8, 4) is 0 Å².